The third-order valence-electron chi connectivity index (χ3n) is 8.32. The zero-order chi connectivity index (χ0) is 32.8. The summed E-state index contributed by atoms with van der Waals surface area (Å²) >= 11 is 0. The maximum atomic E-state index is 13.1. The summed E-state index contributed by atoms with van der Waals surface area (Å²) in [6, 6.07) is 9.72. The summed E-state index contributed by atoms with van der Waals surface area (Å²) < 4.78 is 44.8. The number of hydrogen-bond donors (Lipinski definition) is 2. The third-order valence-corrected chi connectivity index (χ3v) is 8.32. The van der Waals surface area contributed by atoms with Crippen molar-refractivity contribution >= 4 is 29.5 Å². The number of para-hydroxylation sites is 1. The molecule has 2 aromatic rings. The van der Waals surface area contributed by atoms with Gasteiger partial charge in [0.2, 0.25) is 23.6 Å². The molecule has 2 saturated heterocycles. The molecule has 1 aliphatic carbocycles. The number of hydrogen-bond acceptors (Lipinski definition) is 7. The van der Waals surface area contributed by atoms with Crippen molar-refractivity contribution in [3.63, 3.8) is 0 Å². The number of nitrogens with one attached hydrogen (secondary N) is 2. The van der Waals surface area contributed by atoms with Crippen LogP contribution in [0.1, 0.15) is 49.0 Å². The molecule has 1 atom stereocenters. The summed E-state index contributed by atoms with van der Waals surface area (Å²) in [6.07, 6.45) is -1.93. The fraction of sp³-hybridized carbons (Fsp3) is 0.533. The lowest BCUT2D eigenvalue weighted by molar-refractivity contribution is -0.163. The standard InChI is InChI=1S/C30H36F3N7O6/c31-30(32,33)17-24(41)37-12-14-38(15-13-37)25(42)18-34-28(44)22-16-27(40(36-22)21-8-2-1-3-9-21)46-19-26(43)39-11-5-10-23(39)29(45)35-20-6-4-7-20/h1-3,8-9,16,20,23H,4-7,10-15,17-19H2,(H,34,44)(H,35,45)/t23-/m0/s1. The molecule has 0 unspecified atom stereocenters. The van der Waals surface area contributed by atoms with Crippen LogP contribution in [-0.2, 0) is 19.2 Å². The lowest BCUT2D eigenvalue weighted by atomic mass is 9.93. The van der Waals surface area contributed by atoms with Crippen molar-refractivity contribution in [3.8, 4) is 11.6 Å². The molecule has 2 N–H and O–H groups in total. The average Bonchev–Trinajstić information content (AvgIpc) is 3.68. The van der Waals surface area contributed by atoms with Crippen molar-refractivity contribution in [1.82, 2.24) is 35.1 Å². The van der Waals surface area contributed by atoms with Gasteiger partial charge in [0, 0.05) is 44.8 Å². The first-order valence-corrected chi connectivity index (χ1v) is 15.3. The zero-order valence-electron chi connectivity index (χ0n) is 25.1. The van der Waals surface area contributed by atoms with Crippen LogP contribution in [0.2, 0.25) is 0 Å². The summed E-state index contributed by atoms with van der Waals surface area (Å²) in [4.78, 5) is 67.4. The molecule has 5 rings (SSSR count). The molecule has 0 bridgehead atoms. The minimum Gasteiger partial charge on any atom is -0.467 e. The van der Waals surface area contributed by atoms with E-state index in [9.17, 15) is 37.1 Å². The Hall–Kier alpha value is -4.63. The van der Waals surface area contributed by atoms with Crippen molar-refractivity contribution in [2.24, 2.45) is 0 Å². The number of carbonyl (C=O) groups is 5. The molecule has 3 aliphatic rings. The molecule has 1 aromatic carbocycles. The normalized spacial score (nSPS) is 18.6. The maximum absolute atomic E-state index is 13.1. The Morgan fingerprint density at radius 3 is 2.17 bits per heavy atom. The number of halogens is 3. The van der Waals surface area contributed by atoms with Gasteiger partial charge in [0.25, 0.3) is 11.8 Å². The molecular formula is C30H36F3N7O6. The number of likely N-dealkylation sites (tertiary alicyclic amines) is 1. The Kier molecular flexibility index (Phi) is 10.1. The zero-order valence-corrected chi connectivity index (χ0v) is 25.1. The second-order valence-electron chi connectivity index (χ2n) is 11.5. The Labute approximate surface area is 263 Å². The molecule has 3 heterocycles. The second kappa shape index (κ2) is 14.2. The summed E-state index contributed by atoms with van der Waals surface area (Å²) in [5.41, 5.74) is 0.470. The van der Waals surface area contributed by atoms with E-state index in [1.165, 1.54) is 20.5 Å². The van der Waals surface area contributed by atoms with Crippen molar-refractivity contribution in [2.75, 3.05) is 45.9 Å². The Bertz CT molecular complexity index is 1440. The number of piperazine rings is 1. The smallest absolute Gasteiger partial charge is 0.397 e. The van der Waals surface area contributed by atoms with Gasteiger partial charge in [0.15, 0.2) is 12.3 Å². The molecule has 1 aromatic heterocycles. The van der Waals surface area contributed by atoms with E-state index >= 15 is 0 Å². The highest BCUT2D eigenvalue weighted by Gasteiger charge is 2.37. The van der Waals surface area contributed by atoms with Crippen LogP contribution in [0.25, 0.3) is 5.69 Å². The number of rotatable bonds is 10. The fourth-order valence-electron chi connectivity index (χ4n) is 5.59. The van der Waals surface area contributed by atoms with Crippen LogP contribution in [-0.4, -0.2) is 118 Å². The maximum Gasteiger partial charge on any atom is 0.397 e. The molecule has 16 heteroatoms. The van der Waals surface area contributed by atoms with Crippen molar-refractivity contribution < 1.29 is 41.9 Å². The van der Waals surface area contributed by atoms with Crippen LogP contribution in [0, 0.1) is 0 Å². The van der Waals surface area contributed by atoms with Crippen LogP contribution in [0.4, 0.5) is 13.2 Å². The van der Waals surface area contributed by atoms with E-state index < -0.39 is 42.9 Å². The first-order valence-electron chi connectivity index (χ1n) is 15.3. The highest BCUT2D eigenvalue weighted by Crippen LogP contribution is 2.24. The van der Waals surface area contributed by atoms with Gasteiger partial charge in [0.1, 0.15) is 12.5 Å². The van der Waals surface area contributed by atoms with Gasteiger partial charge in [-0.15, -0.1) is 0 Å². The Morgan fingerprint density at radius 2 is 1.54 bits per heavy atom. The lowest BCUT2D eigenvalue weighted by Crippen LogP contribution is -2.53. The van der Waals surface area contributed by atoms with Gasteiger partial charge in [-0.25, -0.2) is 4.68 Å². The van der Waals surface area contributed by atoms with E-state index in [1.54, 1.807) is 30.3 Å². The highest BCUT2D eigenvalue weighted by atomic mass is 19.4. The first kappa shape index (κ1) is 32.8. The van der Waals surface area contributed by atoms with Gasteiger partial charge in [0.05, 0.1) is 12.2 Å². The predicted molar refractivity (Wildman–Crippen MR) is 156 cm³/mol. The number of ether oxygens (including phenoxy) is 1. The Morgan fingerprint density at radius 1 is 0.870 bits per heavy atom. The van der Waals surface area contributed by atoms with Crippen LogP contribution in [0.3, 0.4) is 0 Å². The number of nitrogens with zero attached hydrogens (tertiary/aromatic N) is 5. The van der Waals surface area contributed by atoms with Crippen molar-refractivity contribution in [1.29, 1.82) is 0 Å². The van der Waals surface area contributed by atoms with E-state index in [-0.39, 0.29) is 62.2 Å². The largest absolute Gasteiger partial charge is 0.467 e. The monoisotopic (exact) mass is 647 g/mol. The Balaban J connectivity index is 1.17. The van der Waals surface area contributed by atoms with E-state index in [0.717, 1.165) is 24.2 Å². The van der Waals surface area contributed by atoms with Crippen LogP contribution < -0.4 is 15.4 Å². The minimum absolute atomic E-state index is 0.0348. The average molecular weight is 648 g/mol. The summed E-state index contributed by atoms with van der Waals surface area (Å²) in [5.74, 6) is -2.63. The van der Waals surface area contributed by atoms with Gasteiger partial charge in [-0.3, -0.25) is 24.0 Å². The van der Waals surface area contributed by atoms with Crippen molar-refractivity contribution in [2.45, 2.75) is 56.8 Å². The molecule has 248 valence electrons. The summed E-state index contributed by atoms with van der Waals surface area (Å²) in [7, 11) is 0. The van der Waals surface area contributed by atoms with E-state index in [2.05, 4.69) is 15.7 Å². The molecule has 0 radical (unpaired) electrons. The molecule has 5 amide bonds. The minimum atomic E-state index is -4.61. The molecule has 46 heavy (non-hydrogen) atoms. The van der Waals surface area contributed by atoms with Gasteiger partial charge < -0.3 is 30.1 Å². The quantitative estimate of drug-likeness (QED) is 0.395. The molecule has 0 spiro atoms. The van der Waals surface area contributed by atoms with Gasteiger partial charge >= 0.3 is 6.18 Å². The first-order chi connectivity index (χ1) is 22.0. The third kappa shape index (κ3) is 8.14. The number of aromatic nitrogens is 2. The molecular weight excluding hydrogens is 611 g/mol. The SMILES string of the molecule is O=C(NCC(=O)N1CCN(C(=O)CC(F)(F)F)CC1)c1cc(OCC(=O)N2CCC[C@H]2C(=O)NC2CCC2)n(-c2ccccc2)n1. The summed E-state index contributed by atoms with van der Waals surface area (Å²) in [6.45, 7) is -0.369. The van der Waals surface area contributed by atoms with Gasteiger partial charge in [-0.1, -0.05) is 18.2 Å². The van der Waals surface area contributed by atoms with Crippen molar-refractivity contribution in [3.05, 3.63) is 42.1 Å². The van der Waals surface area contributed by atoms with Gasteiger partial charge in [-0.2, -0.15) is 18.3 Å². The van der Waals surface area contributed by atoms with Gasteiger partial charge in [-0.05, 0) is 44.2 Å². The van der Waals surface area contributed by atoms with Crippen LogP contribution in [0.5, 0.6) is 5.88 Å². The number of carbonyl (C=O) groups excluding carboxylic acids is 5. The second-order valence-corrected chi connectivity index (χ2v) is 11.5. The molecule has 2 aliphatic heterocycles. The number of amides is 5. The molecule has 3 fully saturated rings. The number of benzene rings is 1. The highest BCUT2D eigenvalue weighted by molar-refractivity contribution is 5.95. The van der Waals surface area contributed by atoms with Crippen LogP contribution in [0.15, 0.2) is 36.4 Å². The lowest BCUT2D eigenvalue weighted by Gasteiger charge is -2.35. The fourth-order valence-corrected chi connectivity index (χ4v) is 5.59. The molecule has 13 nitrogen and oxygen atoms in total. The van der Waals surface area contributed by atoms with E-state index in [1.807, 2.05) is 0 Å². The van der Waals surface area contributed by atoms with E-state index in [4.69, 9.17) is 4.74 Å². The van der Waals surface area contributed by atoms with E-state index in [0.29, 0.717) is 25.1 Å². The topological polar surface area (TPSA) is 146 Å². The molecule has 1 saturated carbocycles. The number of alkyl halides is 3. The predicted octanol–water partition coefficient (Wildman–Crippen LogP) is 1.26. The van der Waals surface area contributed by atoms with Crippen LogP contribution >= 0.6 is 0 Å². The summed E-state index contributed by atoms with van der Waals surface area (Å²) in [5, 5.41) is 9.83.